The van der Waals surface area contributed by atoms with Gasteiger partial charge in [-0.15, -0.1) is 0 Å². The van der Waals surface area contributed by atoms with Crippen LogP contribution in [0.4, 0.5) is 4.39 Å². The first-order chi connectivity index (χ1) is 11.6. The van der Waals surface area contributed by atoms with Gasteiger partial charge in [0.25, 0.3) is 11.6 Å². The number of amides is 1. The third-order valence-corrected chi connectivity index (χ3v) is 6.84. The van der Waals surface area contributed by atoms with Crippen molar-refractivity contribution in [1.29, 1.82) is 0 Å². The molecule has 0 bridgehead atoms. The standard InChI is InChI=1S/C13H18FNO8P2/c14-13(24(17,18)19)25(20,21)23-11(10-4-2-1-3-5-10)12(16)15-6-8-22-9-7-15/h1-5,11,13H,6-9H2,(H,20,21)(H2,17,18,19)/t11-,13+/m0/s1. The van der Waals surface area contributed by atoms with Gasteiger partial charge < -0.3 is 24.3 Å². The van der Waals surface area contributed by atoms with Crippen LogP contribution in [0.5, 0.6) is 0 Å². The Labute approximate surface area is 143 Å². The van der Waals surface area contributed by atoms with Crippen LogP contribution < -0.4 is 0 Å². The number of halogens is 1. The molecule has 1 aliphatic rings. The van der Waals surface area contributed by atoms with E-state index in [4.69, 9.17) is 19.0 Å². The number of carbonyl (C=O) groups excluding carboxylic acids is 1. The molecule has 1 saturated heterocycles. The van der Waals surface area contributed by atoms with Crippen LogP contribution in [0, 0.1) is 0 Å². The summed E-state index contributed by atoms with van der Waals surface area (Å²) in [7, 11) is -11.0. The Hall–Kier alpha value is -1.12. The van der Waals surface area contributed by atoms with Gasteiger partial charge in [-0.25, -0.2) is 4.39 Å². The lowest BCUT2D eigenvalue weighted by Gasteiger charge is -2.31. The highest BCUT2D eigenvalue weighted by molar-refractivity contribution is 7.71. The quantitative estimate of drug-likeness (QED) is 0.610. The Morgan fingerprint density at radius 2 is 1.72 bits per heavy atom. The summed E-state index contributed by atoms with van der Waals surface area (Å²) >= 11 is 0. The smallest absolute Gasteiger partial charge is 0.375 e. The molecular weight excluding hydrogens is 379 g/mol. The van der Waals surface area contributed by atoms with Crippen molar-refractivity contribution in [3.8, 4) is 0 Å². The van der Waals surface area contributed by atoms with Crippen molar-refractivity contribution < 1.29 is 42.3 Å². The molecule has 0 radical (unpaired) electrons. The summed E-state index contributed by atoms with van der Waals surface area (Å²) in [6, 6.07) is 7.56. The van der Waals surface area contributed by atoms with E-state index in [1.54, 1.807) is 6.07 Å². The normalized spacial score (nSPS) is 20.6. The zero-order valence-electron chi connectivity index (χ0n) is 13.0. The first kappa shape index (κ1) is 20.2. The Kier molecular flexibility index (Phi) is 6.51. The molecule has 1 aromatic carbocycles. The molecule has 3 atom stereocenters. The molecule has 0 spiro atoms. The minimum absolute atomic E-state index is 0.158. The van der Waals surface area contributed by atoms with E-state index in [2.05, 4.69) is 0 Å². The van der Waals surface area contributed by atoms with Gasteiger partial charge in [-0.05, 0) is 5.56 Å². The Bertz CT molecular complexity index is 691. The van der Waals surface area contributed by atoms with Crippen LogP contribution in [0.25, 0.3) is 0 Å². The lowest BCUT2D eigenvalue weighted by Crippen LogP contribution is -2.43. The van der Waals surface area contributed by atoms with Crippen molar-refractivity contribution in [2.45, 2.75) is 11.8 Å². The second-order valence-electron chi connectivity index (χ2n) is 5.30. The number of benzene rings is 1. The third-order valence-electron chi connectivity index (χ3n) is 3.45. The van der Waals surface area contributed by atoms with Gasteiger partial charge in [0.1, 0.15) is 0 Å². The van der Waals surface area contributed by atoms with Gasteiger partial charge in [0, 0.05) is 13.1 Å². The molecule has 1 amide bonds. The molecule has 1 aliphatic heterocycles. The molecule has 0 aromatic heterocycles. The fourth-order valence-corrected chi connectivity index (χ4v) is 4.52. The summed E-state index contributed by atoms with van der Waals surface area (Å²) in [5.74, 6) is -0.721. The van der Waals surface area contributed by atoms with Crippen molar-refractivity contribution in [3.63, 3.8) is 0 Å². The molecule has 12 heteroatoms. The van der Waals surface area contributed by atoms with Crippen LogP contribution in [-0.2, 0) is 23.2 Å². The molecule has 25 heavy (non-hydrogen) atoms. The first-order valence-corrected chi connectivity index (χ1v) is 10.6. The maximum Gasteiger partial charge on any atom is 0.375 e. The SMILES string of the molecule is O=C([C@@H](OP(=O)(O)[C@H](F)P(=O)(O)O)c1ccccc1)N1CCOCC1. The zero-order valence-corrected chi connectivity index (χ0v) is 14.8. The molecule has 9 nitrogen and oxygen atoms in total. The molecule has 140 valence electrons. The maximum absolute atomic E-state index is 13.7. The summed E-state index contributed by atoms with van der Waals surface area (Å²) in [4.78, 5) is 41.2. The highest BCUT2D eigenvalue weighted by atomic mass is 31.2. The number of carbonyl (C=O) groups is 1. The monoisotopic (exact) mass is 397 g/mol. The molecular formula is C13H18FNO8P2. The van der Waals surface area contributed by atoms with Crippen LogP contribution in [0.2, 0.25) is 0 Å². The second kappa shape index (κ2) is 8.05. The van der Waals surface area contributed by atoms with Crippen LogP contribution in [0.15, 0.2) is 30.3 Å². The predicted molar refractivity (Wildman–Crippen MR) is 84.4 cm³/mol. The van der Waals surface area contributed by atoms with E-state index in [1.807, 2.05) is 0 Å². The average molecular weight is 397 g/mol. The number of alkyl halides is 1. The van der Waals surface area contributed by atoms with Gasteiger partial charge in [-0.1, -0.05) is 30.3 Å². The molecule has 0 saturated carbocycles. The van der Waals surface area contributed by atoms with Gasteiger partial charge >= 0.3 is 15.2 Å². The fraction of sp³-hybridized carbons (Fsp3) is 0.462. The van der Waals surface area contributed by atoms with Gasteiger partial charge in [-0.2, -0.15) is 0 Å². The molecule has 1 fully saturated rings. The Balaban J connectivity index is 2.30. The van der Waals surface area contributed by atoms with Crippen LogP contribution in [0.3, 0.4) is 0 Å². The summed E-state index contributed by atoms with van der Waals surface area (Å²) in [5, 5.41) is 0. The highest BCUT2D eigenvalue weighted by Gasteiger charge is 2.49. The predicted octanol–water partition coefficient (Wildman–Crippen LogP) is 1.22. The van der Waals surface area contributed by atoms with Gasteiger partial charge in [-0.3, -0.25) is 18.4 Å². The topological polar surface area (TPSA) is 134 Å². The molecule has 1 aromatic rings. The van der Waals surface area contributed by atoms with Crippen LogP contribution in [0.1, 0.15) is 11.7 Å². The number of nitrogens with zero attached hydrogens (tertiary/aromatic N) is 1. The summed E-state index contributed by atoms with van der Waals surface area (Å²) in [6.45, 7) is 0.939. The highest BCUT2D eigenvalue weighted by Crippen LogP contribution is 2.65. The number of ether oxygens (including phenoxy) is 1. The Morgan fingerprint density at radius 3 is 2.24 bits per heavy atom. The summed E-state index contributed by atoms with van der Waals surface area (Å²) in [5.41, 5.74) is -3.28. The van der Waals surface area contributed by atoms with E-state index in [0.29, 0.717) is 0 Å². The number of morpholine rings is 1. The van der Waals surface area contributed by atoms with E-state index in [1.165, 1.54) is 29.2 Å². The van der Waals surface area contributed by atoms with E-state index in [0.717, 1.165) is 0 Å². The van der Waals surface area contributed by atoms with Gasteiger partial charge in [0.15, 0.2) is 6.10 Å². The first-order valence-electron chi connectivity index (χ1n) is 7.24. The maximum atomic E-state index is 13.7. The van der Waals surface area contributed by atoms with Crippen molar-refractivity contribution in [3.05, 3.63) is 35.9 Å². The van der Waals surface area contributed by atoms with E-state index in [9.17, 15) is 23.2 Å². The van der Waals surface area contributed by atoms with Crippen LogP contribution >= 0.6 is 15.2 Å². The molecule has 2 rings (SSSR count). The third kappa shape index (κ3) is 5.18. The minimum Gasteiger partial charge on any atom is -0.378 e. The van der Waals surface area contributed by atoms with E-state index >= 15 is 0 Å². The Morgan fingerprint density at radius 1 is 1.16 bits per heavy atom. The minimum atomic E-state index is -5.54. The number of rotatable bonds is 6. The second-order valence-corrected chi connectivity index (χ2v) is 9.13. The number of hydrogen-bond donors (Lipinski definition) is 3. The summed E-state index contributed by atoms with van der Waals surface area (Å²) < 4.78 is 46.5. The molecule has 1 unspecified atom stereocenters. The van der Waals surface area contributed by atoms with Gasteiger partial charge in [0.05, 0.1) is 13.2 Å². The largest absolute Gasteiger partial charge is 0.378 e. The van der Waals surface area contributed by atoms with Crippen molar-refractivity contribution in [2.24, 2.45) is 0 Å². The molecule has 1 heterocycles. The average Bonchev–Trinajstić information content (AvgIpc) is 2.59. The lowest BCUT2D eigenvalue weighted by molar-refractivity contribution is -0.143. The van der Waals surface area contributed by atoms with E-state index in [-0.39, 0.29) is 31.9 Å². The summed E-state index contributed by atoms with van der Waals surface area (Å²) in [6.07, 6.45) is -1.68. The fourth-order valence-electron chi connectivity index (χ4n) is 2.22. The van der Waals surface area contributed by atoms with Crippen molar-refractivity contribution in [1.82, 2.24) is 4.90 Å². The lowest BCUT2D eigenvalue weighted by atomic mass is 10.1. The van der Waals surface area contributed by atoms with Crippen molar-refractivity contribution >= 4 is 21.1 Å². The zero-order chi connectivity index (χ0) is 18.7. The molecule has 3 N–H and O–H groups in total. The van der Waals surface area contributed by atoms with E-state index < -0.39 is 32.9 Å². The van der Waals surface area contributed by atoms with Crippen LogP contribution in [-0.4, -0.2) is 57.4 Å². The van der Waals surface area contributed by atoms with Crippen molar-refractivity contribution in [2.75, 3.05) is 26.3 Å². The van der Waals surface area contributed by atoms with Gasteiger partial charge in [0.2, 0.25) is 0 Å². The molecule has 0 aliphatic carbocycles. The number of hydrogen-bond acceptors (Lipinski definition) is 5.